The third-order valence-corrected chi connectivity index (χ3v) is 12.6. The fraction of sp³-hybridized carbons (Fsp3) is 0.909. The zero-order valence-corrected chi connectivity index (χ0v) is 27.8. The quantitative estimate of drug-likeness (QED) is 0.100. The summed E-state index contributed by atoms with van der Waals surface area (Å²) in [5, 5.41) is 60.0. The number of hydrogen-bond donors (Lipinski definition) is 9. The van der Waals surface area contributed by atoms with Crippen LogP contribution in [0.1, 0.15) is 51.4 Å². The largest absolute Gasteiger partial charge is 0.394 e. The summed E-state index contributed by atoms with van der Waals surface area (Å²) in [6.45, 7) is 0.197. The summed E-state index contributed by atoms with van der Waals surface area (Å²) in [5.74, 6) is -3.00. The van der Waals surface area contributed by atoms with Crippen LogP contribution in [0.4, 0.5) is 0 Å². The van der Waals surface area contributed by atoms with E-state index in [-0.39, 0.29) is 53.9 Å². The number of hydrogen-bond acceptors (Lipinski definition) is 13. The van der Waals surface area contributed by atoms with Crippen molar-refractivity contribution in [1.29, 1.82) is 0 Å². The van der Waals surface area contributed by atoms with Gasteiger partial charge in [-0.2, -0.15) is 0 Å². The minimum atomic E-state index is -1.67. The lowest BCUT2D eigenvalue weighted by Gasteiger charge is -2.57. The number of guanidine groups is 1. The lowest BCUT2D eigenvalue weighted by molar-refractivity contribution is -0.319. The van der Waals surface area contributed by atoms with E-state index in [1.807, 2.05) is 0 Å². The summed E-state index contributed by atoms with van der Waals surface area (Å²) in [4.78, 5) is 33.3. The molecule has 48 heavy (non-hydrogen) atoms. The summed E-state index contributed by atoms with van der Waals surface area (Å²) in [6.07, 6.45) is -4.53. The normalized spacial score (nSPS) is 49.9. The fourth-order valence-electron chi connectivity index (χ4n) is 10.2. The van der Waals surface area contributed by atoms with Crippen molar-refractivity contribution in [3.05, 3.63) is 0 Å². The molecule has 11 N–H and O–H groups in total. The van der Waals surface area contributed by atoms with Crippen LogP contribution in [0.3, 0.4) is 0 Å². The van der Waals surface area contributed by atoms with Crippen LogP contribution in [0, 0.1) is 47.3 Å². The fourth-order valence-corrected chi connectivity index (χ4v) is 10.2. The van der Waals surface area contributed by atoms with Gasteiger partial charge >= 0.3 is 0 Å². The van der Waals surface area contributed by atoms with Crippen molar-refractivity contribution in [1.82, 2.24) is 10.6 Å². The van der Waals surface area contributed by atoms with E-state index in [9.17, 15) is 35.1 Å². The molecule has 4 aliphatic carbocycles. The number of ether oxygens (including phenoxy) is 3. The highest BCUT2D eigenvalue weighted by molar-refractivity contribution is 6.00. The van der Waals surface area contributed by atoms with E-state index < -0.39 is 79.3 Å². The highest BCUT2D eigenvalue weighted by atomic mass is 16.7. The first-order valence-electron chi connectivity index (χ1n) is 17.7. The van der Waals surface area contributed by atoms with Gasteiger partial charge < -0.3 is 61.8 Å². The van der Waals surface area contributed by atoms with Crippen molar-refractivity contribution < 1.29 is 49.3 Å². The summed E-state index contributed by atoms with van der Waals surface area (Å²) in [7, 11) is 3.12. The molecule has 0 aromatic carbocycles. The van der Waals surface area contributed by atoms with E-state index in [4.69, 9.17) is 25.7 Å². The van der Waals surface area contributed by atoms with Gasteiger partial charge in [-0.3, -0.25) is 14.6 Å². The van der Waals surface area contributed by atoms with Crippen molar-refractivity contribution in [2.75, 3.05) is 27.3 Å². The molecule has 2 heterocycles. The Hall–Kier alpha value is -1.79. The number of Topliss-reactive ketones (excluding diaryl/α,β-unsaturated/α-hetero) is 2. The molecule has 6 aliphatic rings. The number of methoxy groups -OCH3 is 1. The first kappa shape index (κ1) is 36.0. The summed E-state index contributed by atoms with van der Waals surface area (Å²) in [6, 6.07) is -0.227. The summed E-state index contributed by atoms with van der Waals surface area (Å²) >= 11 is 0. The van der Waals surface area contributed by atoms with Gasteiger partial charge in [0.1, 0.15) is 36.0 Å². The molecule has 4 saturated carbocycles. The van der Waals surface area contributed by atoms with Crippen molar-refractivity contribution in [2.24, 2.45) is 63.8 Å². The van der Waals surface area contributed by atoms with Crippen LogP contribution in [0.5, 0.6) is 0 Å². The molecule has 12 unspecified atom stereocenters. The number of fused-ring (bicyclic) bond motifs is 3. The maximum Gasteiger partial charge on any atom is 0.188 e. The standard InChI is InChI=1S/C33H55N5O10/c1-36-33(35)38-19-5-4-14(7-13-3-6-22(34)37-11-13)16-10-18-25(28(42)23(16)19)29(43)24-17(26(18)40)8-15(46-2)9-20(24)47-32-31(45)30(44)27(41)21(12-39)48-32/h13-25,27-28,30-32,37,39,41-42,44-45H,3-12,34H2,1-2H3,(H3,35,36,38)/t13?,14-,15?,16?,17?,18?,19?,20?,21+,22?,23?,24?,25?,27+,28?,30-,31+,32-/m0/s1. The molecule has 15 nitrogen and oxygen atoms in total. The predicted octanol–water partition coefficient (Wildman–Crippen LogP) is -2.42. The minimum absolute atomic E-state index is 0.00116. The number of carbonyl (C=O) groups excluding carboxylic acids is 2. The first-order chi connectivity index (χ1) is 23.0. The number of aliphatic hydroxyl groups excluding tert-OH is 5. The maximum absolute atomic E-state index is 14.6. The van der Waals surface area contributed by atoms with E-state index in [1.54, 1.807) is 7.05 Å². The van der Waals surface area contributed by atoms with Gasteiger partial charge in [-0.05, 0) is 69.2 Å². The predicted molar refractivity (Wildman–Crippen MR) is 171 cm³/mol. The molecule has 6 fully saturated rings. The van der Waals surface area contributed by atoms with Gasteiger partial charge in [-0.15, -0.1) is 0 Å². The van der Waals surface area contributed by atoms with E-state index in [0.717, 1.165) is 38.6 Å². The Labute approximate surface area is 281 Å². The van der Waals surface area contributed by atoms with E-state index in [0.29, 0.717) is 18.8 Å². The molecule has 272 valence electrons. The van der Waals surface area contributed by atoms with Gasteiger partial charge in [0.05, 0.1) is 42.9 Å². The lowest BCUT2D eigenvalue weighted by Crippen LogP contribution is -2.66. The van der Waals surface area contributed by atoms with Gasteiger partial charge in [0.2, 0.25) is 0 Å². The molecular weight excluding hydrogens is 626 g/mol. The van der Waals surface area contributed by atoms with Crippen LogP contribution in [0.2, 0.25) is 0 Å². The van der Waals surface area contributed by atoms with Crippen molar-refractivity contribution >= 4 is 17.5 Å². The average molecular weight is 682 g/mol. The van der Waals surface area contributed by atoms with Gasteiger partial charge in [0.25, 0.3) is 0 Å². The summed E-state index contributed by atoms with van der Waals surface area (Å²) in [5.41, 5.74) is 12.2. The molecule has 0 amide bonds. The van der Waals surface area contributed by atoms with Gasteiger partial charge in [0.15, 0.2) is 12.2 Å². The highest BCUT2D eigenvalue weighted by Crippen LogP contribution is 2.55. The number of nitrogens with two attached hydrogens (primary N) is 2. The number of nitrogens with zero attached hydrogens (tertiary/aromatic N) is 1. The average Bonchev–Trinajstić information content (AvgIpc) is 3.08. The van der Waals surface area contributed by atoms with Crippen molar-refractivity contribution in [3.8, 4) is 0 Å². The SMILES string of the molecule is CN=C(N)NC1CC[C@@H](CC2CCC(N)NC2)C2CC3C(=O)C4CC(OC)CC(O[C@H]5O[C@H](CO)[C@@H](O)[C@H](O)[C@H]5O)C4C(=O)C3C(O)C12. The summed E-state index contributed by atoms with van der Waals surface area (Å²) < 4.78 is 17.5. The molecular formula is C33H55N5O10. The monoisotopic (exact) mass is 681 g/mol. The zero-order chi connectivity index (χ0) is 34.4. The molecule has 0 aromatic rings. The van der Waals surface area contributed by atoms with Crippen LogP contribution >= 0.6 is 0 Å². The Morgan fingerprint density at radius 3 is 2.40 bits per heavy atom. The van der Waals surface area contributed by atoms with E-state index >= 15 is 0 Å². The molecule has 0 spiro atoms. The third-order valence-electron chi connectivity index (χ3n) is 12.6. The van der Waals surface area contributed by atoms with Crippen LogP contribution in [0.15, 0.2) is 4.99 Å². The second-order valence-electron chi connectivity index (χ2n) is 15.1. The molecule has 15 heteroatoms. The molecule has 6 rings (SSSR count). The second kappa shape index (κ2) is 14.8. The van der Waals surface area contributed by atoms with Crippen LogP contribution in [0.25, 0.3) is 0 Å². The third kappa shape index (κ3) is 6.67. The van der Waals surface area contributed by atoms with Crippen LogP contribution in [-0.4, -0.2) is 132 Å². The van der Waals surface area contributed by atoms with Crippen molar-refractivity contribution in [2.45, 2.75) is 113 Å². The Balaban J connectivity index is 1.28. The minimum Gasteiger partial charge on any atom is -0.394 e. The highest BCUT2D eigenvalue weighted by Gasteiger charge is 2.63. The number of piperidine rings is 1. The topological polar surface area (TPSA) is 251 Å². The lowest BCUT2D eigenvalue weighted by atomic mass is 9.49. The number of rotatable bonds is 7. The first-order valence-corrected chi connectivity index (χ1v) is 17.7. The number of carbonyl (C=O) groups is 2. The molecule has 0 radical (unpaired) electrons. The Morgan fingerprint density at radius 2 is 1.73 bits per heavy atom. The number of aliphatic imine (C=N–C) groups is 1. The maximum atomic E-state index is 14.6. The number of nitrogens with one attached hydrogen (secondary N) is 2. The van der Waals surface area contributed by atoms with Gasteiger partial charge in [-0.1, -0.05) is 0 Å². The molecule has 2 aliphatic heterocycles. The smallest absolute Gasteiger partial charge is 0.188 e. The number of aliphatic hydroxyl groups is 5. The molecule has 18 atom stereocenters. The zero-order valence-electron chi connectivity index (χ0n) is 27.8. The van der Waals surface area contributed by atoms with Crippen LogP contribution in [-0.2, 0) is 23.8 Å². The molecule has 0 bridgehead atoms. The van der Waals surface area contributed by atoms with Crippen LogP contribution < -0.4 is 22.1 Å². The number of ketones is 2. The van der Waals surface area contributed by atoms with E-state index in [2.05, 4.69) is 15.6 Å². The van der Waals surface area contributed by atoms with E-state index in [1.165, 1.54) is 7.11 Å². The Morgan fingerprint density at radius 1 is 0.979 bits per heavy atom. The Kier molecular flexibility index (Phi) is 11.1. The molecule has 2 saturated heterocycles. The van der Waals surface area contributed by atoms with Gasteiger partial charge in [0, 0.05) is 44.4 Å². The Bertz CT molecular complexity index is 1190. The van der Waals surface area contributed by atoms with Crippen molar-refractivity contribution in [3.63, 3.8) is 0 Å². The van der Waals surface area contributed by atoms with Gasteiger partial charge in [-0.25, -0.2) is 0 Å². The second-order valence-corrected chi connectivity index (χ2v) is 15.1. The molecule has 0 aromatic heterocycles.